The van der Waals surface area contributed by atoms with E-state index in [1.165, 1.54) is 0 Å². The van der Waals surface area contributed by atoms with Gasteiger partial charge in [0.2, 0.25) is 5.90 Å². The number of ether oxygens (including phenoxy) is 3. The van der Waals surface area contributed by atoms with Gasteiger partial charge in [-0.25, -0.2) is 9.79 Å². The summed E-state index contributed by atoms with van der Waals surface area (Å²) >= 11 is 5.97. The zero-order valence-corrected chi connectivity index (χ0v) is 14.8. The largest absolute Gasteiger partial charge is 0.493 e. The number of rotatable bonds is 6. The van der Waals surface area contributed by atoms with Crippen LogP contribution in [0.5, 0.6) is 11.5 Å². The Bertz CT molecular complexity index is 918. The van der Waals surface area contributed by atoms with Crippen molar-refractivity contribution in [3.05, 3.63) is 77.0 Å². The van der Waals surface area contributed by atoms with Crippen molar-refractivity contribution < 1.29 is 19.0 Å². The summed E-state index contributed by atoms with van der Waals surface area (Å²) < 4.78 is 16.1. The number of aliphatic imine (C=N–C) groups is 1. The lowest BCUT2D eigenvalue weighted by atomic mass is 10.1. The number of cyclic esters (lactones) is 1. The molecule has 0 fully saturated rings. The molecule has 0 N–H and O–H groups in total. The van der Waals surface area contributed by atoms with Crippen molar-refractivity contribution in [2.24, 2.45) is 4.99 Å². The fourth-order valence-corrected chi connectivity index (χ4v) is 2.54. The van der Waals surface area contributed by atoms with Gasteiger partial charge in [0.25, 0.3) is 0 Å². The number of hydrogen-bond acceptors (Lipinski definition) is 5. The third-order valence-corrected chi connectivity index (χ3v) is 3.77. The Morgan fingerprint density at radius 2 is 2.08 bits per heavy atom. The van der Waals surface area contributed by atoms with E-state index < -0.39 is 5.97 Å². The molecule has 26 heavy (non-hydrogen) atoms. The highest BCUT2D eigenvalue weighted by molar-refractivity contribution is 6.31. The third kappa shape index (κ3) is 3.95. The lowest BCUT2D eigenvalue weighted by Gasteiger charge is -2.09. The molecule has 0 radical (unpaired) electrons. The second kappa shape index (κ2) is 7.89. The first-order valence-corrected chi connectivity index (χ1v) is 8.18. The third-order valence-electron chi connectivity index (χ3n) is 3.54. The smallest absolute Gasteiger partial charge is 0.363 e. The highest BCUT2D eigenvalue weighted by Gasteiger charge is 2.24. The minimum absolute atomic E-state index is 0.196. The molecule has 0 amide bonds. The van der Waals surface area contributed by atoms with Crippen molar-refractivity contribution in [1.29, 1.82) is 0 Å². The van der Waals surface area contributed by atoms with Gasteiger partial charge in [-0.1, -0.05) is 36.4 Å². The van der Waals surface area contributed by atoms with Crippen molar-refractivity contribution in [1.82, 2.24) is 0 Å². The first kappa shape index (κ1) is 17.8. The number of nitrogens with zero attached hydrogens (tertiary/aromatic N) is 1. The normalized spacial score (nSPS) is 14.8. The van der Waals surface area contributed by atoms with E-state index in [-0.39, 0.29) is 11.6 Å². The Kier molecular flexibility index (Phi) is 5.39. The van der Waals surface area contributed by atoms with Crippen LogP contribution in [0.25, 0.3) is 6.08 Å². The van der Waals surface area contributed by atoms with Crippen LogP contribution in [0.15, 0.2) is 65.8 Å². The van der Waals surface area contributed by atoms with Gasteiger partial charge in [-0.2, -0.15) is 0 Å². The SMILES string of the molecule is C=CCOc1ccc(/C=C2\N=C(c3cccc(Cl)c3)OC2=O)cc1OC. The molecule has 5 nitrogen and oxygen atoms in total. The van der Waals surface area contributed by atoms with Crippen LogP contribution >= 0.6 is 11.6 Å². The molecule has 0 atom stereocenters. The van der Waals surface area contributed by atoms with Gasteiger partial charge in [0.1, 0.15) is 6.61 Å². The van der Waals surface area contributed by atoms with Gasteiger partial charge in [0, 0.05) is 10.6 Å². The zero-order valence-electron chi connectivity index (χ0n) is 14.1. The van der Waals surface area contributed by atoms with Gasteiger partial charge in [0.05, 0.1) is 7.11 Å². The molecule has 0 spiro atoms. The summed E-state index contributed by atoms with van der Waals surface area (Å²) in [5.74, 6) is 0.839. The first-order valence-electron chi connectivity index (χ1n) is 7.81. The molecule has 0 saturated heterocycles. The molecule has 0 aliphatic carbocycles. The molecule has 0 aromatic heterocycles. The van der Waals surface area contributed by atoms with Crippen molar-refractivity contribution in [3.8, 4) is 11.5 Å². The lowest BCUT2D eigenvalue weighted by molar-refractivity contribution is -0.129. The lowest BCUT2D eigenvalue weighted by Crippen LogP contribution is -2.05. The number of carbonyl (C=O) groups is 1. The predicted octanol–water partition coefficient (Wildman–Crippen LogP) is 4.26. The Labute approximate surface area is 156 Å². The fourth-order valence-electron chi connectivity index (χ4n) is 2.35. The molecule has 0 saturated carbocycles. The van der Waals surface area contributed by atoms with Crippen molar-refractivity contribution in [2.45, 2.75) is 0 Å². The number of halogens is 1. The van der Waals surface area contributed by atoms with Crippen LogP contribution in [-0.4, -0.2) is 25.6 Å². The minimum atomic E-state index is -0.522. The number of hydrogen-bond donors (Lipinski definition) is 0. The minimum Gasteiger partial charge on any atom is -0.493 e. The van der Waals surface area contributed by atoms with E-state index in [2.05, 4.69) is 11.6 Å². The first-order chi connectivity index (χ1) is 12.6. The van der Waals surface area contributed by atoms with Crippen LogP contribution in [0.3, 0.4) is 0 Å². The van der Waals surface area contributed by atoms with E-state index in [0.29, 0.717) is 28.7 Å². The monoisotopic (exact) mass is 369 g/mol. The van der Waals surface area contributed by atoms with Gasteiger partial charge >= 0.3 is 5.97 Å². The fraction of sp³-hybridized carbons (Fsp3) is 0.100. The highest BCUT2D eigenvalue weighted by Crippen LogP contribution is 2.30. The number of benzene rings is 2. The maximum atomic E-state index is 12.1. The van der Waals surface area contributed by atoms with Crippen molar-refractivity contribution in [3.63, 3.8) is 0 Å². The summed E-state index contributed by atoms with van der Waals surface area (Å²) in [6.45, 7) is 3.98. The topological polar surface area (TPSA) is 57.1 Å². The van der Waals surface area contributed by atoms with E-state index in [9.17, 15) is 4.79 Å². The summed E-state index contributed by atoms with van der Waals surface area (Å²) in [6.07, 6.45) is 3.27. The Hall–Kier alpha value is -3.05. The van der Waals surface area contributed by atoms with Crippen LogP contribution in [0.1, 0.15) is 11.1 Å². The molecule has 132 valence electrons. The molecular formula is C20H16ClNO4. The molecule has 0 unspecified atom stereocenters. The molecule has 1 heterocycles. The van der Waals surface area contributed by atoms with E-state index in [1.54, 1.807) is 61.7 Å². The molecule has 1 aliphatic heterocycles. The molecule has 2 aromatic carbocycles. The molecule has 2 aromatic rings. The quantitative estimate of drug-likeness (QED) is 0.433. The number of methoxy groups -OCH3 is 1. The average molecular weight is 370 g/mol. The summed E-state index contributed by atoms with van der Waals surface area (Å²) in [6, 6.07) is 12.3. The maximum absolute atomic E-state index is 12.1. The van der Waals surface area contributed by atoms with Gasteiger partial charge in [-0.05, 0) is 42.0 Å². The van der Waals surface area contributed by atoms with Gasteiger partial charge < -0.3 is 14.2 Å². The zero-order chi connectivity index (χ0) is 18.5. The number of carbonyl (C=O) groups excluding carboxylic acids is 1. The molecule has 1 aliphatic rings. The van der Waals surface area contributed by atoms with Gasteiger partial charge in [-0.15, -0.1) is 0 Å². The van der Waals surface area contributed by atoms with Crippen LogP contribution in [-0.2, 0) is 9.53 Å². The van der Waals surface area contributed by atoms with Crippen molar-refractivity contribution in [2.75, 3.05) is 13.7 Å². The van der Waals surface area contributed by atoms with Crippen LogP contribution in [0.2, 0.25) is 5.02 Å². The summed E-state index contributed by atoms with van der Waals surface area (Å²) in [7, 11) is 1.55. The van der Waals surface area contributed by atoms with Crippen molar-refractivity contribution >= 4 is 29.5 Å². The maximum Gasteiger partial charge on any atom is 0.363 e. The summed E-state index contributed by atoms with van der Waals surface area (Å²) in [5.41, 5.74) is 1.57. The second-order valence-electron chi connectivity index (χ2n) is 5.36. The van der Waals surface area contributed by atoms with E-state index in [4.69, 9.17) is 25.8 Å². The average Bonchev–Trinajstić information content (AvgIpc) is 3.01. The van der Waals surface area contributed by atoms with Crippen LogP contribution < -0.4 is 9.47 Å². The highest BCUT2D eigenvalue weighted by atomic mass is 35.5. The van der Waals surface area contributed by atoms with Crippen LogP contribution in [0, 0.1) is 0 Å². The molecule has 6 heteroatoms. The van der Waals surface area contributed by atoms with Gasteiger partial charge in [-0.3, -0.25) is 0 Å². The Morgan fingerprint density at radius 3 is 2.81 bits per heavy atom. The predicted molar refractivity (Wildman–Crippen MR) is 101 cm³/mol. The molecule has 3 rings (SSSR count). The second-order valence-corrected chi connectivity index (χ2v) is 5.79. The summed E-state index contributed by atoms with van der Waals surface area (Å²) in [4.78, 5) is 16.4. The Morgan fingerprint density at radius 1 is 1.23 bits per heavy atom. The Balaban J connectivity index is 1.89. The molecule has 0 bridgehead atoms. The van der Waals surface area contributed by atoms with E-state index >= 15 is 0 Å². The van der Waals surface area contributed by atoms with Gasteiger partial charge in [0.15, 0.2) is 17.2 Å². The van der Waals surface area contributed by atoms with E-state index in [0.717, 1.165) is 5.56 Å². The van der Waals surface area contributed by atoms with E-state index in [1.807, 2.05) is 0 Å². The van der Waals surface area contributed by atoms with Crippen LogP contribution in [0.4, 0.5) is 0 Å². The molecular weight excluding hydrogens is 354 g/mol. The summed E-state index contributed by atoms with van der Waals surface area (Å²) in [5, 5.41) is 0.540. The standard InChI is InChI=1S/C20H16ClNO4/c1-3-9-25-17-8-7-13(11-18(17)24-2)10-16-20(23)26-19(22-16)14-5-4-6-15(21)12-14/h3-8,10-12H,1,9H2,2H3/b16-10-. The number of esters is 1.